The van der Waals surface area contributed by atoms with Crippen LogP contribution in [0.15, 0.2) is 42.5 Å². The molecule has 2 aromatic carbocycles. The minimum absolute atomic E-state index is 0.215. The summed E-state index contributed by atoms with van der Waals surface area (Å²) in [4.78, 5) is 0. The van der Waals surface area contributed by atoms with Crippen molar-refractivity contribution in [2.24, 2.45) is 5.92 Å². The standard InChI is InChI=1S/C21H25ClO5/c1-12-18(11-23)27-21(20(25)19(12)24)14-5-8-17(22)15(10-14)9-13-3-6-16(26-2)7-4-13/h3-8,10,12,18-21,23-25H,9,11H2,1-2H3/t12-,18-,19+,20-,21+/m1/s1. The van der Waals surface area contributed by atoms with Crippen molar-refractivity contribution in [2.75, 3.05) is 13.7 Å². The molecule has 5 atom stereocenters. The quantitative estimate of drug-likeness (QED) is 0.729. The molecule has 3 N–H and O–H groups in total. The predicted octanol–water partition coefficient (Wildman–Crippen LogP) is 2.73. The lowest BCUT2D eigenvalue weighted by Gasteiger charge is -2.41. The van der Waals surface area contributed by atoms with Crippen LogP contribution in [-0.2, 0) is 11.2 Å². The lowest BCUT2D eigenvalue weighted by Crippen LogP contribution is -2.50. The molecule has 1 saturated heterocycles. The van der Waals surface area contributed by atoms with Gasteiger partial charge in [-0.2, -0.15) is 0 Å². The van der Waals surface area contributed by atoms with Crippen LogP contribution in [0.3, 0.4) is 0 Å². The van der Waals surface area contributed by atoms with E-state index in [-0.39, 0.29) is 12.5 Å². The summed E-state index contributed by atoms with van der Waals surface area (Å²) in [6, 6.07) is 13.2. The number of rotatable bonds is 5. The van der Waals surface area contributed by atoms with Crippen LogP contribution in [0.4, 0.5) is 0 Å². The summed E-state index contributed by atoms with van der Waals surface area (Å²) in [6.07, 6.45) is -2.68. The highest BCUT2D eigenvalue weighted by atomic mass is 35.5. The Balaban J connectivity index is 1.85. The number of benzene rings is 2. The van der Waals surface area contributed by atoms with E-state index in [2.05, 4.69) is 0 Å². The average molecular weight is 393 g/mol. The summed E-state index contributed by atoms with van der Waals surface area (Å²) in [7, 11) is 1.62. The maximum absolute atomic E-state index is 10.5. The number of aliphatic hydroxyl groups is 3. The molecule has 0 unspecified atom stereocenters. The molecule has 0 amide bonds. The van der Waals surface area contributed by atoms with E-state index in [1.54, 1.807) is 26.2 Å². The highest BCUT2D eigenvalue weighted by molar-refractivity contribution is 6.31. The molecule has 1 aliphatic rings. The molecule has 146 valence electrons. The van der Waals surface area contributed by atoms with Gasteiger partial charge in [0, 0.05) is 10.9 Å². The molecule has 0 aromatic heterocycles. The minimum atomic E-state index is -1.07. The molecule has 2 aromatic rings. The van der Waals surface area contributed by atoms with Gasteiger partial charge in [0.25, 0.3) is 0 Å². The van der Waals surface area contributed by atoms with Crippen LogP contribution in [0, 0.1) is 5.92 Å². The highest BCUT2D eigenvalue weighted by Gasteiger charge is 2.42. The molecular formula is C21H25ClO5. The Morgan fingerprint density at radius 1 is 1.07 bits per heavy atom. The first-order valence-corrected chi connectivity index (χ1v) is 9.36. The molecule has 1 heterocycles. The van der Waals surface area contributed by atoms with Gasteiger partial charge in [0.1, 0.15) is 18.0 Å². The Morgan fingerprint density at radius 3 is 2.41 bits per heavy atom. The van der Waals surface area contributed by atoms with Crippen LogP contribution in [0.2, 0.25) is 5.02 Å². The SMILES string of the molecule is COc1ccc(Cc2cc([C@@H]3O[C@H](CO)[C@@H](C)[C@H](O)[C@H]3O)ccc2Cl)cc1. The molecule has 0 bridgehead atoms. The summed E-state index contributed by atoms with van der Waals surface area (Å²) in [5, 5.41) is 30.9. The van der Waals surface area contributed by atoms with Crippen LogP contribution in [0.5, 0.6) is 5.75 Å². The van der Waals surface area contributed by atoms with Gasteiger partial charge in [0.05, 0.1) is 25.9 Å². The third-order valence-corrected chi connectivity index (χ3v) is 5.61. The third-order valence-electron chi connectivity index (χ3n) is 5.24. The number of halogens is 1. The van der Waals surface area contributed by atoms with Gasteiger partial charge >= 0.3 is 0 Å². The van der Waals surface area contributed by atoms with Crippen LogP contribution in [0.1, 0.15) is 29.7 Å². The first-order chi connectivity index (χ1) is 12.9. The zero-order valence-corrected chi connectivity index (χ0v) is 16.1. The minimum Gasteiger partial charge on any atom is -0.497 e. The van der Waals surface area contributed by atoms with Crippen molar-refractivity contribution < 1.29 is 24.8 Å². The summed E-state index contributed by atoms with van der Waals surface area (Å²) in [5.74, 6) is 0.433. The van der Waals surface area contributed by atoms with Gasteiger partial charge in [0.2, 0.25) is 0 Å². The number of hydrogen-bond acceptors (Lipinski definition) is 5. The molecule has 27 heavy (non-hydrogen) atoms. The normalized spacial score (nSPS) is 28.1. The predicted molar refractivity (Wildman–Crippen MR) is 103 cm³/mol. The highest BCUT2D eigenvalue weighted by Crippen LogP contribution is 2.36. The molecular weight excluding hydrogens is 368 g/mol. The zero-order valence-electron chi connectivity index (χ0n) is 15.4. The molecule has 5 nitrogen and oxygen atoms in total. The molecule has 0 spiro atoms. The van der Waals surface area contributed by atoms with Crippen LogP contribution >= 0.6 is 11.6 Å². The van der Waals surface area contributed by atoms with Gasteiger partial charge in [-0.3, -0.25) is 0 Å². The molecule has 0 saturated carbocycles. The van der Waals surface area contributed by atoms with Gasteiger partial charge in [-0.25, -0.2) is 0 Å². The largest absolute Gasteiger partial charge is 0.497 e. The molecule has 0 aliphatic carbocycles. The van der Waals surface area contributed by atoms with E-state index in [1.807, 2.05) is 30.3 Å². The molecule has 6 heteroatoms. The average Bonchev–Trinajstić information content (AvgIpc) is 2.69. The van der Waals surface area contributed by atoms with Crippen molar-refractivity contribution >= 4 is 11.6 Å². The Hall–Kier alpha value is -1.63. The van der Waals surface area contributed by atoms with Crippen LogP contribution < -0.4 is 4.74 Å². The summed E-state index contributed by atoms with van der Waals surface area (Å²) in [5.41, 5.74) is 2.69. The summed E-state index contributed by atoms with van der Waals surface area (Å²) in [6.45, 7) is 1.54. The lowest BCUT2D eigenvalue weighted by molar-refractivity contribution is -0.207. The number of hydrogen-bond donors (Lipinski definition) is 3. The zero-order chi connectivity index (χ0) is 19.6. The second kappa shape index (κ2) is 8.59. The van der Waals surface area contributed by atoms with Gasteiger partial charge in [-0.05, 0) is 41.3 Å². The smallest absolute Gasteiger partial charge is 0.118 e. The molecule has 0 radical (unpaired) electrons. The fraction of sp³-hybridized carbons (Fsp3) is 0.429. The van der Waals surface area contributed by atoms with E-state index in [0.29, 0.717) is 11.4 Å². The van der Waals surface area contributed by atoms with Crippen molar-refractivity contribution in [2.45, 2.75) is 37.8 Å². The van der Waals surface area contributed by atoms with E-state index in [4.69, 9.17) is 21.1 Å². The van der Waals surface area contributed by atoms with Gasteiger partial charge < -0.3 is 24.8 Å². The molecule has 3 rings (SSSR count). The fourth-order valence-corrected chi connectivity index (χ4v) is 3.64. The maximum atomic E-state index is 10.5. The molecule has 1 aliphatic heterocycles. The van der Waals surface area contributed by atoms with Crippen molar-refractivity contribution in [3.63, 3.8) is 0 Å². The van der Waals surface area contributed by atoms with Crippen molar-refractivity contribution in [1.82, 2.24) is 0 Å². The Kier molecular flexibility index (Phi) is 6.40. The van der Waals surface area contributed by atoms with Crippen molar-refractivity contribution in [3.05, 3.63) is 64.2 Å². The van der Waals surface area contributed by atoms with E-state index in [1.165, 1.54) is 0 Å². The molecule has 1 fully saturated rings. The van der Waals surface area contributed by atoms with Gasteiger partial charge in [-0.1, -0.05) is 42.8 Å². The number of aliphatic hydroxyl groups excluding tert-OH is 3. The number of methoxy groups -OCH3 is 1. The number of ether oxygens (including phenoxy) is 2. The Labute approximate surface area is 164 Å². The van der Waals surface area contributed by atoms with E-state index >= 15 is 0 Å². The van der Waals surface area contributed by atoms with E-state index in [9.17, 15) is 15.3 Å². The third kappa shape index (κ3) is 4.28. The fourth-order valence-electron chi connectivity index (χ4n) is 3.46. The Bertz CT molecular complexity index is 762. The van der Waals surface area contributed by atoms with Gasteiger partial charge in [-0.15, -0.1) is 0 Å². The monoisotopic (exact) mass is 392 g/mol. The van der Waals surface area contributed by atoms with Gasteiger partial charge in [0.15, 0.2) is 0 Å². The van der Waals surface area contributed by atoms with Crippen molar-refractivity contribution in [3.8, 4) is 5.75 Å². The lowest BCUT2D eigenvalue weighted by atomic mass is 9.85. The summed E-state index contributed by atoms with van der Waals surface area (Å²) < 4.78 is 11.1. The topological polar surface area (TPSA) is 79.2 Å². The van der Waals surface area contributed by atoms with Crippen LogP contribution in [0.25, 0.3) is 0 Å². The van der Waals surface area contributed by atoms with Crippen molar-refractivity contribution in [1.29, 1.82) is 0 Å². The second-order valence-electron chi connectivity index (χ2n) is 6.99. The van der Waals surface area contributed by atoms with E-state index < -0.39 is 24.4 Å². The maximum Gasteiger partial charge on any atom is 0.118 e. The first-order valence-electron chi connectivity index (χ1n) is 8.98. The summed E-state index contributed by atoms with van der Waals surface area (Å²) >= 11 is 6.37. The van der Waals surface area contributed by atoms with Crippen LogP contribution in [-0.4, -0.2) is 47.3 Å². The van der Waals surface area contributed by atoms with E-state index in [0.717, 1.165) is 22.4 Å². The second-order valence-corrected chi connectivity index (χ2v) is 7.40. The Morgan fingerprint density at radius 2 is 1.78 bits per heavy atom. The first kappa shape index (κ1) is 20.1.